The van der Waals surface area contributed by atoms with E-state index in [0.717, 1.165) is 37.9 Å². The topological polar surface area (TPSA) is 60.3 Å². The molecule has 1 amide bonds. The Labute approximate surface area is 217 Å². The molecule has 0 fully saturated rings. The van der Waals surface area contributed by atoms with Gasteiger partial charge in [-0.25, -0.2) is 15.0 Å². The lowest BCUT2D eigenvalue weighted by molar-refractivity contribution is -0.119. The van der Waals surface area contributed by atoms with E-state index in [-0.39, 0.29) is 12.5 Å². The van der Waals surface area contributed by atoms with E-state index < -0.39 is 0 Å². The van der Waals surface area contributed by atoms with E-state index in [1.807, 2.05) is 59.6 Å². The van der Waals surface area contributed by atoms with Crippen LogP contribution in [0.4, 0.5) is 17.1 Å². The van der Waals surface area contributed by atoms with Crippen LogP contribution < -0.4 is 10.3 Å². The van der Waals surface area contributed by atoms with Crippen molar-refractivity contribution in [3.05, 3.63) is 100 Å². The Kier molecular flexibility index (Phi) is 5.69. The maximum absolute atomic E-state index is 13.1. The molecule has 0 unspecified atom stereocenters. The van der Waals surface area contributed by atoms with Crippen LogP contribution in [-0.4, -0.2) is 35.7 Å². The highest BCUT2D eigenvalue weighted by Crippen LogP contribution is 2.33. The molecule has 2 heterocycles. The van der Waals surface area contributed by atoms with Crippen LogP contribution in [0, 0.1) is 3.57 Å². The van der Waals surface area contributed by atoms with Crippen LogP contribution in [0.5, 0.6) is 0 Å². The molecule has 0 atom stereocenters. The highest BCUT2D eigenvalue weighted by atomic mass is 127. The second-order valence-corrected chi connectivity index (χ2v) is 9.67. The van der Waals surface area contributed by atoms with Crippen LogP contribution in [-0.2, 0) is 4.79 Å². The number of anilines is 2. The Bertz CT molecular complexity index is 1500. The number of hydrazine groups is 1. The summed E-state index contributed by atoms with van der Waals surface area (Å²) in [7, 11) is 0. The second-order valence-electron chi connectivity index (χ2n) is 8.42. The van der Waals surface area contributed by atoms with Gasteiger partial charge in [0.15, 0.2) is 5.84 Å². The van der Waals surface area contributed by atoms with Crippen molar-refractivity contribution >= 4 is 68.0 Å². The summed E-state index contributed by atoms with van der Waals surface area (Å²) in [5, 5.41) is 9.54. The molecule has 6 rings (SSSR count). The lowest BCUT2D eigenvalue weighted by Gasteiger charge is -2.42. The van der Waals surface area contributed by atoms with Crippen molar-refractivity contribution in [2.45, 2.75) is 6.42 Å². The first-order chi connectivity index (χ1) is 17.2. The van der Waals surface area contributed by atoms with Gasteiger partial charge in [0.2, 0.25) is 0 Å². The smallest absolute Gasteiger partial charge is 0.267 e. The predicted molar refractivity (Wildman–Crippen MR) is 150 cm³/mol. The number of amidine groups is 2. The number of amides is 1. The number of aliphatic imine (C=N–C) groups is 2. The third-order valence-electron chi connectivity index (χ3n) is 6.12. The zero-order valence-electron chi connectivity index (χ0n) is 18.9. The maximum Gasteiger partial charge on any atom is 0.267 e. The molecule has 0 saturated carbocycles. The molecule has 4 aromatic rings. The number of para-hydroxylation sites is 1. The van der Waals surface area contributed by atoms with Crippen LogP contribution in [0.2, 0.25) is 0 Å². The highest BCUT2D eigenvalue weighted by molar-refractivity contribution is 14.1. The molecule has 2 aliphatic heterocycles. The van der Waals surface area contributed by atoms with Gasteiger partial charge in [-0.2, -0.15) is 0 Å². The monoisotopic (exact) mass is 571 g/mol. The van der Waals surface area contributed by atoms with Gasteiger partial charge in [0, 0.05) is 27.8 Å². The Morgan fingerprint density at radius 2 is 1.66 bits per heavy atom. The van der Waals surface area contributed by atoms with Crippen molar-refractivity contribution in [2.75, 3.05) is 23.4 Å². The first kappa shape index (κ1) is 21.8. The average molecular weight is 571 g/mol. The van der Waals surface area contributed by atoms with Gasteiger partial charge < -0.3 is 5.32 Å². The largest absolute Gasteiger partial charge is 0.385 e. The van der Waals surface area contributed by atoms with Crippen LogP contribution in [0.3, 0.4) is 0 Å². The van der Waals surface area contributed by atoms with Crippen LogP contribution in [0.1, 0.15) is 12.0 Å². The van der Waals surface area contributed by atoms with E-state index in [1.165, 1.54) is 10.8 Å². The number of carbonyl (C=O) groups excluding carboxylic acids is 1. The van der Waals surface area contributed by atoms with E-state index in [4.69, 9.17) is 4.99 Å². The minimum absolute atomic E-state index is 0.0794. The average Bonchev–Trinajstić information content (AvgIpc) is 2.89. The summed E-state index contributed by atoms with van der Waals surface area (Å²) >= 11 is 2.30. The molecule has 4 aromatic carbocycles. The fraction of sp³-hybridized carbons (Fsp3) is 0.107. The van der Waals surface area contributed by atoms with Gasteiger partial charge in [0.1, 0.15) is 12.4 Å². The summed E-state index contributed by atoms with van der Waals surface area (Å²) in [4.78, 5) is 22.8. The quantitative estimate of drug-likeness (QED) is 0.299. The molecule has 7 heteroatoms. The number of benzene rings is 4. The van der Waals surface area contributed by atoms with Crippen LogP contribution in [0.25, 0.3) is 10.8 Å². The minimum atomic E-state index is -0.0794. The van der Waals surface area contributed by atoms with Gasteiger partial charge >= 0.3 is 0 Å². The molecule has 0 aliphatic carbocycles. The van der Waals surface area contributed by atoms with Gasteiger partial charge in [0.25, 0.3) is 5.91 Å². The predicted octanol–water partition coefficient (Wildman–Crippen LogP) is 6.00. The number of carbonyl (C=O) groups is 1. The van der Waals surface area contributed by atoms with Crippen molar-refractivity contribution < 1.29 is 4.79 Å². The van der Waals surface area contributed by atoms with Gasteiger partial charge in [0.05, 0.1) is 11.4 Å². The minimum Gasteiger partial charge on any atom is -0.385 e. The lowest BCUT2D eigenvalue weighted by Crippen LogP contribution is -2.58. The van der Waals surface area contributed by atoms with Crippen LogP contribution >= 0.6 is 22.6 Å². The Hall–Kier alpha value is -3.72. The zero-order chi connectivity index (χ0) is 23.8. The molecule has 0 bridgehead atoms. The molecule has 35 heavy (non-hydrogen) atoms. The van der Waals surface area contributed by atoms with Crippen molar-refractivity contribution in [2.24, 2.45) is 9.98 Å². The van der Waals surface area contributed by atoms with Crippen molar-refractivity contribution in [1.82, 2.24) is 5.01 Å². The molecule has 1 N–H and O–H groups in total. The van der Waals surface area contributed by atoms with Gasteiger partial charge in [-0.15, -0.1) is 0 Å². The number of nitrogens with zero attached hydrogens (tertiary/aromatic N) is 4. The summed E-state index contributed by atoms with van der Waals surface area (Å²) in [6.07, 6.45) is 0.619. The second kappa shape index (κ2) is 9.14. The first-order valence-corrected chi connectivity index (χ1v) is 12.6. The number of fused-ring (bicyclic) bond motifs is 4. The summed E-state index contributed by atoms with van der Waals surface area (Å²) in [5.41, 5.74) is 3.67. The zero-order valence-corrected chi connectivity index (χ0v) is 21.0. The molecular formula is C28H22IN5O. The first-order valence-electron chi connectivity index (χ1n) is 11.5. The van der Waals surface area contributed by atoms with E-state index in [0.29, 0.717) is 13.0 Å². The van der Waals surface area contributed by atoms with Crippen LogP contribution in [0.15, 0.2) is 101 Å². The fourth-order valence-corrected chi connectivity index (χ4v) is 4.99. The normalized spacial score (nSPS) is 14.8. The molecule has 172 valence electrons. The number of hydrogen-bond donors (Lipinski definition) is 1. The SMILES string of the molecule is O=C1CN=C2c3cc(I)ccc3N=C(CCNc3ccc4ccccc4c3)N2N1c1ccccc1. The van der Waals surface area contributed by atoms with Crippen molar-refractivity contribution in [3.8, 4) is 0 Å². The summed E-state index contributed by atoms with van der Waals surface area (Å²) in [6.45, 7) is 0.770. The molecular weight excluding hydrogens is 549 g/mol. The number of rotatable bonds is 5. The maximum atomic E-state index is 13.1. The van der Waals surface area contributed by atoms with Gasteiger partial charge in [-0.3, -0.25) is 9.79 Å². The Balaban J connectivity index is 1.34. The van der Waals surface area contributed by atoms with E-state index in [1.54, 1.807) is 5.01 Å². The van der Waals surface area contributed by atoms with E-state index in [9.17, 15) is 4.79 Å². The van der Waals surface area contributed by atoms with Gasteiger partial charge in [-0.1, -0.05) is 48.5 Å². The number of halogens is 1. The fourth-order valence-electron chi connectivity index (χ4n) is 4.50. The molecule has 0 saturated heterocycles. The Morgan fingerprint density at radius 3 is 2.51 bits per heavy atom. The summed E-state index contributed by atoms with van der Waals surface area (Å²) in [5.74, 6) is 1.46. The third kappa shape index (κ3) is 4.16. The lowest BCUT2D eigenvalue weighted by atomic mass is 10.1. The molecule has 6 nitrogen and oxygen atoms in total. The standard InChI is InChI=1S/C28H22IN5O/c29-21-11-13-25-24(17-21)28-31-18-27(35)33(23-8-2-1-3-9-23)34(28)26(32-25)14-15-30-22-12-10-19-6-4-5-7-20(19)16-22/h1-13,16-17,30H,14-15,18H2. The molecule has 0 aromatic heterocycles. The van der Waals surface area contributed by atoms with Crippen molar-refractivity contribution in [1.29, 1.82) is 0 Å². The summed E-state index contributed by atoms with van der Waals surface area (Å²) in [6, 6.07) is 30.6. The van der Waals surface area contributed by atoms with Gasteiger partial charge in [-0.05, 0) is 75.8 Å². The molecule has 0 spiro atoms. The summed E-state index contributed by atoms with van der Waals surface area (Å²) < 4.78 is 1.10. The molecule has 2 aliphatic rings. The Morgan fingerprint density at radius 1 is 0.857 bits per heavy atom. The molecule has 0 radical (unpaired) electrons. The number of nitrogens with one attached hydrogen (secondary N) is 1. The third-order valence-corrected chi connectivity index (χ3v) is 6.79. The van der Waals surface area contributed by atoms with Crippen molar-refractivity contribution in [3.63, 3.8) is 0 Å². The van der Waals surface area contributed by atoms with E-state index in [2.05, 4.69) is 69.3 Å². The highest BCUT2D eigenvalue weighted by Gasteiger charge is 2.37. The van der Waals surface area contributed by atoms with E-state index >= 15 is 0 Å². The number of hydrogen-bond acceptors (Lipinski definition) is 5.